The van der Waals surface area contributed by atoms with Gasteiger partial charge >= 0.3 is 0 Å². The van der Waals surface area contributed by atoms with Gasteiger partial charge in [0.2, 0.25) is 5.91 Å². The fourth-order valence-electron chi connectivity index (χ4n) is 2.28. The van der Waals surface area contributed by atoms with E-state index >= 15 is 0 Å². The molecule has 1 fully saturated rings. The van der Waals surface area contributed by atoms with E-state index in [2.05, 4.69) is 19.2 Å². The van der Waals surface area contributed by atoms with Crippen LogP contribution < -0.4 is 5.32 Å². The van der Waals surface area contributed by atoms with E-state index in [1.165, 1.54) is 6.42 Å². The van der Waals surface area contributed by atoms with Gasteiger partial charge in [-0.15, -0.1) is 0 Å². The third-order valence-corrected chi connectivity index (χ3v) is 3.47. The molecule has 1 aliphatic rings. The van der Waals surface area contributed by atoms with E-state index in [-0.39, 0.29) is 18.6 Å². The number of likely N-dealkylation sites (tertiary alicyclic amines) is 1. The van der Waals surface area contributed by atoms with Crippen LogP contribution in [0.4, 0.5) is 0 Å². The molecular weight excluding hydrogens is 216 g/mol. The zero-order valence-electron chi connectivity index (χ0n) is 11.1. The molecule has 1 unspecified atom stereocenters. The zero-order chi connectivity index (χ0) is 12.7. The largest absolute Gasteiger partial charge is 0.396 e. The third kappa shape index (κ3) is 5.04. The van der Waals surface area contributed by atoms with Crippen molar-refractivity contribution in [1.29, 1.82) is 0 Å². The number of rotatable bonds is 6. The maximum Gasteiger partial charge on any atom is 0.236 e. The third-order valence-electron chi connectivity index (χ3n) is 3.47. The number of nitrogens with one attached hydrogen (secondary N) is 1. The van der Waals surface area contributed by atoms with Gasteiger partial charge in [-0.05, 0) is 31.6 Å². The van der Waals surface area contributed by atoms with Gasteiger partial charge in [0.25, 0.3) is 0 Å². The molecule has 4 nitrogen and oxygen atoms in total. The summed E-state index contributed by atoms with van der Waals surface area (Å²) in [6, 6.07) is 0.230. The van der Waals surface area contributed by atoms with Gasteiger partial charge in [0.05, 0.1) is 6.54 Å². The quantitative estimate of drug-likeness (QED) is 0.730. The second kappa shape index (κ2) is 7.67. The second-order valence-corrected chi connectivity index (χ2v) is 5.19. The van der Waals surface area contributed by atoms with Crippen molar-refractivity contribution in [3.63, 3.8) is 0 Å². The van der Waals surface area contributed by atoms with Gasteiger partial charge in [0.15, 0.2) is 0 Å². The molecule has 0 aromatic carbocycles. The van der Waals surface area contributed by atoms with Crippen LogP contribution in [0.2, 0.25) is 0 Å². The summed E-state index contributed by atoms with van der Waals surface area (Å²) in [5, 5.41) is 12.2. The van der Waals surface area contributed by atoms with Crippen molar-refractivity contribution < 1.29 is 9.90 Å². The topological polar surface area (TPSA) is 52.6 Å². The van der Waals surface area contributed by atoms with E-state index in [0.717, 1.165) is 25.9 Å². The lowest BCUT2D eigenvalue weighted by molar-refractivity contribution is -0.131. The van der Waals surface area contributed by atoms with E-state index in [1.807, 2.05) is 4.90 Å². The molecular formula is C13H26N2O2. The Morgan fingerprint density at radius 2 is 1.94 bits per heavy atom. The molecule has 0 aromatic rings. The van der Waals surface area contributed by atoms with Crippen LogP contribution in [0.15, 0.2) is 0 Å². The van der Waals surface area contributed by atoms with Crippen LogP contribution >= 0.6 is 0 Å². The van der Waals surface area contributed by atoms with E-state index < -0.39 is 0 Å². The SMILES string of the molecule is CC(C)C(CCO)NCC(=O)N1CCCCC1. The second-order valence-electron chi connectivity index (χ2n) is 5.19. The highest BCUT2D eigenvalue weighted by Gasteiger charge is 2.18. The van der Waals surface area contributed by atoms with Crippen molar-refractivity contribution in [2.75, 3.05) is 26.2 Å². The Bertz CT molecular complexity index is 225. The van der Waals surface area contributed by atoms with Gasteiger partial charge in [-0.2, -0.15) is 0 Å². The van der Waals surface area contributed by atoms with E-state index in [4.69, 9.17) is 5.11 Å². The van der Waals surface area contributed by atoms with Crippen LogP contribution in [0.25, 0.3) is 0 Å². The first-order chi connectivity index (χ1) is 8.15. The molecule has 1 heterocycles. The lowest BCUT2D eigenvalue weighted by Crippen LogP contribution is -2.45. The first kappa shape index (κ1) is 14.5. The first-order valence-electron chi connectivity index (χ1n) is 6.77. The number of aliphatic hydroxyl groups is 1. The molecule has 0 aromatic heterocycles. The number of carbonyl (C=O) groups is 1. The molecule has 0 saturated carbocycles. The summed E-state index contributed by atoms with van der Waals surface area (Å²) in [6.07, 6.45) is 4.23. The normalized spacial score (nSPS) is 18.5. The smallest absolute Gasteiger partial charge is 0.236 e. The number of hydrogen-bond donors (Lipinski definition) is 2. The summed E-state index contributed by atoms with van der Waals surface area (Å²) in [6.45, 7) is 6.62. The number of hydrogen-bond acceptors (Lipinski definition) is 3. The molecule has 1 rings (SSSR count). The Hall–Kier alpha value is -0.610. The molecule has 1 saturated heterocycles. The predicted molar refractivity (Wildman–Crippen MR) is 68.8 cm³/mol. The summed E-state index contributed by atoms with van der Waals surface area (Å²) in [5.41, 5.74) is 0. The summed E-state index contributed by atoms with van der Waals surface area (Å²) < 4.78 is 0. The van der Waals surface area contributed by atoms with Gasteiger partial charge in [-0.3, -0.25) is 4.79 Å². The van der Waals surface area contributed by atoms with Crippen molar-refractivity contribution in [1.82, 2.24) is 10.2 Å². The van der Waals surface area contributed by atoms with Gasteiger partial charge in [-0.1, -0.05) is 13.8 Å². The Labute approximate surface area is 104 Å². The fourth-order valence-corrected chi connectivity index (χ4v) is 2.28. The van der Waals surface area contributed by atoms with Crippen molar-refractivity contribution in [3.05, 3.63) is 0 Å². The van der Waals surface area contributed by atoms with Crippen LogP contribution in [0, 0.1) is 5.92 Å². The molecule has 0 spiro atoms. The molecule has 0 aliphatic carbocycles. The Morgan fingerprint density at radius 1 is 1.29 bits per heavy atom. The van der Waals surface area contributed by atoms with Crippen molar-refractivity contribution in [2.24, 2.45) is 5.92 Å². The fraction of sp³-hybridized carbons (Fsp3) is 0.923. The molecule has 100 valence electrons. The highest BCUT2D eigenvalue weighted by Crippen LogP contribution is 2.09. The molecule has 1 aliphatic heterocycles. The number of amides is 1. The van der Waals surface area contributed by atoms with E-state index in [1.54, 1.807) is 0 Å². The van der Waals surface area contributed by atoms with Gasteiger partial charge in [0.1, 0.15) is 0 Å². The summed E-state index contributed by atoms with van der Waals surface area (Å²) in [4.78, 5) is 13.9. The van der Waals surface area contributed by atoms with Gasteiger partial charge in [-0.25, -0.2) is 0 Å². The van der Waals surface area contributed by atoms with Crippen LogP contribution in [0.3, 0.4) is 0 Å². The molecule has 0 bridgehead atoms. The Morgan fingerprint density at radius 3 is 2.47 bits per heavy atom. The van der Waals surface area contributed by atoms with Gasteiger partial charge in [0, 0.05) is 25.7 Å². The van der Waals surface area contributed by atoms with Crippen LogP contribution in [-0.4, -0.2) is 48.2 Å². The molecule has 1 atom stereocenters. The Kier molecular flexibility index (Phi) is 6.52. The lowest BCUT2D eigenvalue weighted by Gasteiger charge is -2.28. The first-order valence-corrected chi connectivity index (χ1v) is 6.77. The Balaban J connectivity index is 2.29. The minimum absolute atomic E-state index is 0.174. The summed E-state index contributed by atoms with van der Waals surface area (Å²) in [5.74, 6) is 0.643. The zero-order valence-corrected chi connectivity index (χ0v) is 11.1. The molecule has 1 amide bonds. The number of aliphatic hydroxyl groups excluding tert-OH is 1. The molecule has 2 N–H and O–H groups in total. The summed E-state index contributed by atoms with van der Waals surface area (Å²) >= 11 is 0. The number of nitrogens with zero attached hydrogens (tertiary/aromatic N) is 1. The molecule has 0 radical (unpaired) electrons. The number of carbonyl (C=O) groups excluding carboxylic acids is 1. The average Bonchev–Trinajstić information content (AvgIpc) is 2.34. The monoisotopic (exact) mass is 242 g/mol. The summed E-state index contributed by atoms with van der Waals surface area (Å²) in [7, 11) is 0. The molecule has 17 heavy (non-hydrogen) atoms. The van der Waals surface area contributed by atoms with E-state index in [0.29, 0.717) is 18.9 Å². The molecule has 4 heteroatoms. The highest BCUT2D eigenvalue weighted by molar-refractivity contribution is 5.78. The van der Waals surface area contributed by atoms with Crippen molar-refractivity contribution >= 4 is 5.91 Å². The lowest BCUT2D eigenvalue weighted by atomic mass is 10.0. The van der Waals surface area contributed by atoms with E-state index in [9.17, 15) is 4.79 Å². The predicted octanol–water partition coefficient (Wildman–Crippen LogP) is 0.995. The minimum Gasteiger partial charge on any atom is -0.396 e. The highest BCUT2D eigenvalue weighted by atomic mass is 16.3. The average molecular weight is 242 g/mol. The maximum atomic E-state index is 11.9. The van der Waals surface area contributed by atoms with Crippen LogP contribution in [0.1, 0.15) is 39.5 Å². The maximum absolute atomic E-state index is 11.9. The number of piperidine rings is 1. The minimum atomic E-state index is 0.174. The van der Waals surface area contributed by atoms with Gasteiger partial charge < -0.3 is 15.3 Å². The van der Waals surface area contributed by atoms with Crippen LogP contribution in [0.5, 0.6) is 0 Å². The standard InChI is InChI=1S/C13H26N2O2/c1-11(2)12(6-9-16)14-10-13(17)15-7-4-3-5-8-15/h11-12,14,16H,3-10H2,1-2H3. The van der Waals surface area contributed by atoms with Crippen LogP contribution in [-0.2, 0) is 4.79 Å². The van der Waals surface area contributed by atoms with Crippen molar-refractivity contribution in [2.45, 2.75) is 45.6 Å². The van der Waals surface area contributed by atoms with Crippen molar-refractivity contribution in [3.8, 4) is 0 Å².